The second-order valence-corrected chi connectivity index (χ2v) is 6.47. The normalized spacial score (nSPS) is 13.0. The van der Waals surface area contributed by atoms with Gasteiger partial charge in [0.05, 0.1) is 6.61 Å². The van der Waals surface area contributed by atoms with E-state index in [-0.39, 0.29) is 5.41 Å². The molecule has 0 saturated carbocycles. The van der Waals surface area contributed by atoms with Crippen molar-refractivity contribution in [1.82, 2.24) is 0 Å². The lowest BCUT2D eigenvalue weighted by molar-refractivity contribution is 0.161. The first-order valence-corrected chi connectivity index (χ1v) is 7.25. The van der Waals surface area contributed by atoms with Gasteiger partial charge in [0.15, 0.2) is 0 Å². The molecule has 1 heteroatoms. The van der Waals surface area contributed by atoms with Gasteiger partial charge in [-0.15, -0.1) is 0 Å². The molecule has 0 aliphatic carbocycles. The Morgan fingerprint density at radius 1 is 0.900 bits per heavy atom. The van der Waals surface area contributed by atoms with Gasteiger partial charge in [-0.2, -0.15) is 0 Å². The third-order valence-corrected chi connectivity index (χ3v) is 3.92. The molecular formula is C19H24O. The van der Waals surface area contributed by atoms with E-state index in [1.165, 1.54) is 11.1 Å². The van der Waals surface area contributed by atoms with Gasteiger partial charge in [-0.3, -0.25) is 0 Å². The van der Waals surface area contributed by atoms with Crippen LogP contribution in [-0.2, 0) is 0 Å². The zero-order valence-electron chi connectivity index (χ0n) is 12.9. The minimum Gasteiger partial charge on any atom is -0.493 e. The first-order chi connectivity index (χ1) is 9.47. The van der Waals surface area contributed by atoms with Gasteiger partial charge < -0.3 is 4.74 Å². The molecule has 0 N–H and O–H groups in total. The van der Waals surface area contributed by atoms with Gasteiger partial charge in [0.2, 0.25) is 0 Å². The molecular weight excluding hydrogens is 244 g/mol. The highest BCUT2D eigenvalue weighted by Gasteiger charge is 2.20. The molecule has 0 fully saturated rings. The molecule has 0 saturated heterocycles. The van der Waals surface area contributed by atoms with Gasteiger partial charge in [0.25, 0.3) is 0 Å². The third kappa shape index (κ3) is 3.86. The van der Waals surface area contributed by atoms with Crippen LogP contribution in [0.3, 0.4) is 0 Å². The van der Waals surface area contributed by atoms with Crippen LogP contribution in [0.25, 0.3) is 11.1 Å². The van der Waals surface area contributed by atoms with Gasteiger partial charge in [-0.1, -0.05) is 70.2 Å². The molecule has 2 rings (SSSR count). The van der Waals surface area contributed by atoms with E-state index in [4.69, 9.17) is 4.74 Å². The van der Waals surface area contributed by atoms with Crippen molar-refractivity contribution < 1.29 is 4.74 Å². The molecule has 0 amide bonds. The largest absolute Gasteiger partial charge is 0.493 e. The number of rotatable bonds is 4. The van der Waals surface area contributed by atoms with Crippen molar-refractivity contribution >= 4 is 0 Å². The Kier molecular flexibility index (Phi) is 4.49. The fourth-order valence-electron chi connectivity index (χ4n) is 1.87. The molecule has 0 aliphatic rings. The Balaban J connectivity index is 2.08. The van der Waals surface area contributed by atoms with Crippen LogP contribution in [0.15, 0.2) is 54.6 Å². The highest BCUT2D eigenvalue weighted by Crippen LogP contribution is 2.27. The van der Waals surface area contributed by atoms with Gasteiger partial charge in [-0.25, -0.2) is 0 Å². The quantitative estimate of drug-likeness (QED) is 0.720. The van der Waals surface area contributed by atoms with E-state index in [0.29, 0.717) is 5.92 Å². The van der Waals surface area contributed by atoms with Crippen molar-refractivity contribution in [2.24, 2.45) is 11.3 Å². The molecule has 0 aliphatic heterocycles. The minimum atomic E-state index is 0.275. The topological polar surface area (TPSA) is 9.23 Å². The number of ether oxygens (including phenoxy) is 1. The Morgan fingerprint density at radius 3 is 2.20 bits per heavy atom. The van der Waals surface area contributed by atoms with Crippen molar-refractivity contribution in [3.05, 3.63) is 54.6 Å². The van der Waals surface area contributed by atoms with Crippen LogP contribution >= 0.6 is 0 Å². The maximum Gasteiger partial charge on any atom is 0.119 e. The van der Waals surface area contributed by atoms with Crippen molar-refractivity contribution in [1.29, 1.82) is 0 Å². The molecule has 1 nitrogen and oxygen atoms in total. The Hall–Kier alpha value is -1.76. The summed E-state index contributed by atoms with van der Waals surface area (Å²) in [5.41, 5.74) is 2.70. The van der Waals surface area contributed by atoms with Crippen LogP contribution in [0.1, 0.15) is 27.7 Å². The van der Waals surface area contributed by atoms with Gasteiger partial charge >= 0.3 is 0 Å². The van der Waals surface area contributed by atoms with Gasteiger partial charge in [-0.05, 0) is 34.6 Å². The molecule has 106 valence electrons. The second kappa shape index (κ2) is 6.13. The van der Waals surface area contributed by atoms with E-state index in [1.54, 1.807) is 0 Å². The van der Waals surface area contributed by atoms with Crippen LogP contribution < -0.4 is 4.74 Å². The van der Waals surface area contributed by atoms with Gasteiger partial charge in [0, 0.05) is 0 Å². The molecule has 0 heterocycles. The summed E-state index contributed by atoms with van der Waals surface area (Å²) in [5, 5.41) is 0. The van der Waals surface area contributed by atoms with Crippen LogP contribution in [0.2, 0.25) is 0 Å². The molecule has 0 spiro atoms. The summed E-state index contributed by atoms with van der Waals surface area (Å²) >= 11 is 0. The van der Waals surface area contributed by atoms with E-state index >= 15 is 0 Å². The van der Waals surface area contributed by atoms with Gasteiger partial charge in [0.1, 0.15) is 5.75 Å². The smallest absolute Gasteiger partial charge is 0.119 e. The standard InChI is InChI=1S/C19H24O/c1-15(19(2,3)4)14-20-18-12-8-11-17(13-18)16-9-6-5-7-10-16/h5-13,15H,14H2,1-4H3. The first-order valence-electron chi connectivity index (χ1n) is 7.25. The third-order valence-electron chi connectivity index (χ3n) is 3.92. The zero-order valence-corrected chi connectivity index (χ0v) is 12.9. The summed E-state index contributed by atoms with van der Waals surface area (Å²) in [6.45, 7) is 9.74. The van der Waals surface area contributed by atoms with E-state index < -0.39 is 0 Å². The van der Waals surface area contributed by atoms with E-state index in [0.717, 1.165) is 12.4 Å². The fourth-order valence-corrected chi connectivity index (χ4v) is 1.87. The first kappa shape index (κ1) is 14.6. The van der Waals surface area contributed by atoms with Crippen molar-refractivity contribution in [2.45, 2.75) is 27.7 Å². The maximum atomic E-state index is 5.96. The Morgan fingerprint density at radius 2 is 1.55 bits per heavy atom. The Labute approximate surface area is 122 Å². The summed E-state index contributed by atoms with van der Waals surface area (Å²) in [6, 6.07) is 18.7. The summed E-state index contributed by atoms with van der Waals surface area (Å²) < 4.78 is 5.96. The van der Waals surface area contributed by atoms with E-state index in [2.05, 4.69) is 70.2 Å². The molecule has 20 heavy (non-hydrogen) atoms. The lowest BCUT2D eigenvalue weighted by Gasteiger charge is -2.27. The second-order valence-electron chi connectivity index (χ2n) is 6.47. The molecule has 2 aromatic rings. The highest BCUT2D eigenvalue weighted by atomic mass is 16.5. The summed E-state index contributed by atoms with van der Waals surface area (Å²) in [5.74, 6) is 1.46. The van der Waals surface area contributed by atoms with Crippen LogP contribution in [0, 0.1) is 11.3 Å². The average Bonchev–Trinajstić information content (AvgIpc) is 2.45. The van der Waals surface area contributed by atoms with Crippen molar-refractivity contribution in [3.8, 4) is 16.9 Å². The zero-order chi connectivity index (χ0) is 14.6. The molecule has 1 unspecified atom stereocenters. The van der Waals surface area contributed by atoms with Crippen LogP contribution in [0.4, 0.5) is 0 Å². The summed E-state index contributed by atoms with van der Waals surface area (Å²) in [6.07, 6.45) is 0. The van der Waals surface area contributed by atoms with Crippen molar-refractivity contribution in [3.63, 3.8) is 0 Å². The maximum absolute atomic E-state index is 5.96. The lowest BCUT2D eigenvalue weighted by atomic mass is 9.83. The lowest BCUT2D eigenvalue weighted by Crippen LogP contribution is -2.23. The van der Waals surface area contributed by atoms with Crippen LogP contribution in [-0.4, -0.2) is 6.61 Å². The molecule has 0 bridgehead atoms. The minimum absolute atomic E-state index is 0.275. The van der Waals surface area contributed by atoms with Crippen molar-refractivity contribution in [2.75, 3.05) is 6.61 Å². The molecule has 1 atom stereocenters. The Bertz CT molecular complexity index is 537. The highest BCUT2D eigenvalue weighted by molar-refractivity contribution is 5.64. The number of benzene rings is 2. The predicted octanol–water partition coefficient (Wildman–Crippen LogP) is 5.41. The predicted molar refractivity (Wildman–Crippen MR) is 86.0 cm³/mol. The SMILES string of the molecule is CC(COc1cccc(-c2ccccc2)c1)C(C)(C)C. The fraction of sp³-hybridized carbons (Fsp3) is 0.368. The van der Waals surface area contributed by atoms with E-state index in [9.17, 15) is 0 Å². The molecule has 0 aromatic heterocycles. The van der Waals surface area contributed by atoms with Crippen LogP contribution in [0.5, 0.6) is 5.75 Å². The van der Waals surface area contributed by atoms with E-state index in [1.807, 2.05) is 12.1 Å². The summed E-state index contributed by atoms with van der Waals surface area (Å²) in [7, 11) is 0. The summed E-state index contributed by atoms with van der Waals surface area (Å²) in [4.78, 5) is 0. The molecule has 2 aromatic carbocycles. The number of hydrogen-bond donors (Lipinski definition) is 0. The molecule has 0 radical (unpaired) electrons. The monoisotopic (exact) mass is 268 g/mol. The number of hydrogen-bond acceptors (Lipinski definition) is 1. The average molecular weight is 268 g/mol.